The number of benzene rings is 3. The maximum absolute atomic E-state index is 13.2. The van der Waals surface area contributed by atoms with Crippen molar-refractivity contribution in [1.82, 2.24) is 9.55 Å². The van der Waals surface area contributed by atoms with E-state index < -0.39 is 0 Å². The van der Waals surface area contributed by atoms with Crippen LogP contribution in [0, 0.1) is 0 Å². The Labute approximate surface area is 198 Å². The summed E-state index contributed by atoms with van der Waals surface area (Å²) in [7, 11) is 1.65. The predicted molar refractivity (Wildman–Crippen MR) is 133 cm³/mol. The number of halogens is 1. The second kappa shape index (κ2) is 11.0. The molecule has 0 bridgehead atoms. The number of unbranched alkanes of at least 4 members (excludes halogenated alkanes) is 3. The molecule has 0 aliphatic rings. The molecule has 0 N–H and O–H groups in total. The monoisotopic (exact) mass is 462 g/mol. The van der Waals surface area contributed by atoms with Crippen molar-refractivity contribution in [1.29, 1.82) is 0 Å². The van der Waals surface area contributed by atoms with Gasteiger partial charge in [-0.15, -0.1) is 0 Å². The summed E-state index contributed by atoms with van der Waals surface area (Å²) in [4.78, 5) is 18.0. The van der Waals surface area contributed by atoms with Crippen molar-refractivity contribution in [3.8, 4) is 22.9 Å². The molecule has 0 aliphatic carbocycles. The Kier molecular flexibility index (Phi) is 7.63. The smallest absolute Gasteiger partial charge is 0.261 e. The topological polar surface area (TPSA) is 53.4 Å². The molecule has 0 spiro atoms. The summed E-state index contributed by atoms with van der Waals surface area (Å²) in [5.41, 5.74) is 1.59. The van der Waals surface area contributed by atoms with Crippen molar-refractivity contribution >= 4 is 22.5 Å². The third-order valence-electron chi connectivity index (χ3n) is 5.57. The molecule has 1 aromatic heterocycles. The Morgan fingerprint density at radius 1 is 0.848 bits per heavy atom. The van der Waals surface area contributed by atoms with Gasteiger partial charge in [-0.05, 0) is 73.5 Å². The van der Waals surface area contributed by atoms with Crippen molar-refractivity contribution in [2.24, 2.45) is 0 Å². The lowest BCUT2D eigenvalue weighted by Crippen LogP contribution is -2.23. The molecule has 0 atom stereocenters. The van der Waals surface area contributed by atoms with E-state index in [-0.39, 0.29) is 5.56 Å². The summed E-state index contributed by atoms with van der Waals surface area (Å²) in [6, 6.07) is 22.6. The van der Waals surface area contributed by atoms with E-state index in [4.69, 9.17) is 26.1 Å². The van der Waals surface area contributed by atoms with Crippen LogP contribution in [0.15, 0.2) is 77.6 Å². The first-order valence-electron chi connectivity index (χ1n) is 11.2. The molecule has 0 aliphatic heterocycles. The molecular formula is C27H27ClN2O3. The van der Waals surface area contributed by atoms with E-state index in [9.17, 15) is 4.79 Å². The van der Waals surface area contributed by atoms with Gasteiger partial charge < -0.3 is 9.47 Å². The molecule has 5 nitrogen and oxygen atoms in total. The van der Waals surface area contributed by atoms with Gasteiger partial charge >= 0.3 is 0 Å². The summed E-state index contributed by atoms with van der Waals surface area (Å²) >= 11 is 6.06. The molecule has 0 radical (unpaired) electrons. The van der Waals surface area contributed by atoms with Gasteiger partial charge in [0.1, 0.15) is 17.3 Å². The van der Waals surface area contributed by atoms with Crippen molar-refractivity contribution in [2.75, 3.05) is 13.7 Å². The highest BCUT2D eigenvalue weighted by atomic mass is 35.5. The highest BCUT2D eigenvalue weighted by Crippen LogP contribution is 2.22. The highest BCUT2D eigenvalue weighted by molar-refractivity contribution is 6.30. The molecule has 6 heteroatoms. The standard InChI is InChI=1S/C27H27ClN2O3/c1-32-22-14-16-23(17-15-22)33-19-7-3-2-6-18-30-26(20-10-12-21(28)13-11-20)29-25-9-5-4-8-24(25)27(30)31/h4-5,8-17H,2-3,6-7,18-19H2,1H3. The van der Waals surface area contributed by atoms with Gasteiger partial charge in [-0.3, -0.25) is 9.36 Å². The van der Waals surface area contributed by atoms with Crippen LogP contribution in [0.2, 0.25) is 5.02 Å². The Balaban J connectivity index is 1.37. The van der Waals surface area contributed by atoms with Crippen LogP contribution in [0.1, 0.15) is 25.7 Å². The van der Waals surface area contributed by atoms with Crippen molar-refractivity contribution in [2.45, 2.75) is 32.2 Å². The zero-order chi connectivity index (χ0) is 23.0. The molecule has 0 saturated carbocycles. The fraction of sp³-hybridized carbons (Fsp3) is 0.259. The minimum atomic E-state index is -0.00612. The predicted octanol–water partition coefficient (Wildman–Crippen LogP) is 6.36. The quantitative estimate of drug-likeness (QED) is 0.257. The van der Waals surface area contributed by atoms with E-state index in [1.165, 1.54) is 0 Å². The maximum Gasteiger partial charge on any atom is 0.261 e. The van der Waals surface area contributed by atoms with Crippen LogP contribution >= 0.6 is 11.6 Å². The third-order valence-corrected chi connectivity index (χ3v) is 5.82. The SMILES string of the molecule is COc1ccc(OCCCCCCn2c(-c3ccc(Cl)cc3)nc3ccccc3c2=O)cc1. The molecule has 4 aromatic rings. The summed E-state index contributed by atoms with van der Waals surface area (Å²) in [6.07, 6.45) is 3.89. The van der Waals surface area contributed by atoms with E-state index in [0.29, 0.717) is 34.9 Å². The van der Waals surface area contributed by atoms with Crippen LogP contribution in [0.5, 0.6) is 11.5 Å². The second-order valence-corrected chi connectivity index (χ2v) is 8.29. The van der Waals surface area contributed by atoms with Crippen LogP contribution in [0.3, 0.4) is 0 Å². The van der Waals surface area contributed by atoms with Gasteiger partial charge in [0, 0.05) is 17.1 Å². The lowest BCUT2D eigenvalue weighted by molar-refractivity contribution is 0.303. The molecule has 0 amide bonds. The zero-order valence-corrected chi connectivity index (χ0v) is 19.4. The lowest BCUT2D eigenvalue weighted by atomic mass is 10.1. The Bertz CT molecular complexity index is 1250. The van der Waals surface area contributed by atoms with E-state index in [0.717, 1.165) is 42.7 Å². The normalized spacial score (nSPS) is 11.0. The first-order valence-corrected chi connectivity index (χ1v) is 11.6. The van der Waals surface area contributed by atoms with Gasteiger partial charge in [-0.25, -0.2) is 4.98 Å². The number of para-hydroxylation sites is 1. The van der Waals surface area contributed by atoms with Gasteiger partial charge in [0.05, 0.1) is 24.6 Å². The number of rotatable bonds is 10. The number of nitrogens with zero attached hydrogens (tertiary/aromatic N) is 2. The molecule has 0 saturated heterocycles. The highest BCUT2D eigenvalue weighted by Gasteiger charge is 2.12. The summed E-state index contributed by atoms with van der Waals surface area (Å²) in [6.45, 7) is 1.29. The molecule has 0 unspecified atom stereocenters. The number of fused-ring (bicyclic) bond motifs is 1. The molecule has 33 heavy (non-hydrogen) atoms. The van der Waals surface area contributed by atoms with Crippen LogP contribution in [0.25, 0.3) is 22.3 Å². The average Bonchev–Trinajstić information content (AvgIpc) is 2.85. The fourth-order valence-electron chi connectivity index (χ4n) is 3.78. The summed E-state index contributed by atoms with van der Waals surface area (Å²) in [5.74, 6) is 2.34. The van der Waals surface area contributed by atoms with Gasteiger partial charge in [0.2, 0.25) is 0 Å². The molecule has 0 fully saturated rings. The molecule has 1 heterocycles. The number of hydrogen-bond acceptors (Lipinski definition) is 4. The minimum Gasteiger partial charge on any atom is -0.497 e. The van der Waals surface area contributed by atoms with Gasteiger partial charge in [-0.2, -0.15) is 0 Å². The number of ether oxygens (including phenoxy) is 2. The average molecular weight is 463 g/mol. The number of methoxy groups -OCH3 is 1. The molecule has 4 rings (SSSR count). The van der Waals surface area contributed by atoms with E-state index in [1.54, 1.807) is 11.7 Å². The lowest BCUT2D eigenvalue weighted by Gasteiger charge is -2.14. The zero-order valence-electron chi connectivity index (χ0n) is 18.7. The third kappa shape index (κ3) is 5.74. The van der Waals surface area contributed by atoms with Crippen molar-refractivity contribution in [3.05, 3.63) is 88.2 Å². The van der Waals surface area contributed by atoms with E-state index in [2.05, 4.69) is 0 Å². The van der Waals surface area contributed by atoms with Gasteiger partial charge in [-0.1, -0.05) is 36.6 Å². The van der Waals surface area contributed by atoms with Crippen LogP contribution in [-0.4, -0.2) is 23.3 Å². The van der Waals surface area contributed by atoms with Crippen molar-refractivity contribution in [3.63, 3.8) is 0 Å². The van der Waals surface area contributed by atoms with Crippen LogP contribution in [0.4, 0.5) is 0 Å². The van der Waals surface area contributed by atoms with E-state index >= 15 is 0 Å². The van der Waals surface area contributed by atoms with Gasteiger partial charge in [0.15, 0.2) is 0 Å². The Morgan fingerprint density at radius 3 is 2.30 bits per heavy atom. The number of hydrogen-bond donors (Lipinski definition) is 0. The summed E-state index contributed by atoms with van der Waals surface area (Å²) < 4.78 is 12.7. The summed E-state index contributed by atoms with van der Waals surface area (Å²) in [5, 5.41) is 1.30. The minimum absolute atomic E-state index is 0.00612. The van der Waals surface area contributed by atoms with Crippen LogP contribution < -0.4 is 15.0 Å². The van der Waals surface area contributed by atoms with Crippen LogP contribution in [-0.2, 0) is 6.54 Å². The molecule has 170 valence electrons. The first-order chi connectivity index (χ1) is 16.2. The largest absolute Gasteiger partial charge is 0.497 e. The fourth-order valence-corrected chi connectivity index (χ4v) is 3.91. The molecule has 3 aromatic carbocycles. The Hall–Kier alpha value is -3.31. The second-order valence-electron chi connectivity index (χ2n) is 7.85. The maximum atomic E-state index is 13.2. The molecular weight excluding hydrogens is 436 g/mol. The van der Waals surface area contributed by atoms with Gasteiger partial charge in [0.25, 0.3) is 5.56 Å². The number of aromatic nitrogens is 2. The van der Waals surface area contributed by atoms with Crippen molar-refractivity contribution < 1.29 is 9.47 Å². The van der Waals surface area contributed by atoms with E-state index in [1.807, 2.05) is 72.8 Å². The Morgan fingerprint density at radius 2 is 1.55 bits per heavy atom. The first kappa shape index (κ1) is 22.9.